The topological polar surface area (TPSA) is 38.3 Å². The summed E-state index contributed by atoms with van der Waals surface area (Å²) in [6.07, 6.45) is 0. The number of carbonyl (C=O) groups excluding carboxylic acids is 1. The second-order valence-electron chi connectivity index (χ2n) is 3.18. The van der Waals surface area contributed by atoms with E-state index in [1.807, 2.05) is 0 Å². The van der Waals surface area contributed by atoms with Crippen molar-refractivity contribution in [2.24, 2.45) is 0 Å². The summed E-state index contributed by atoms with van der Waals surface area (Å²) in [6, 6.07) is 4.53. The first-order chi connectivity index (χ1) is 7.11. The highest BCUT2D eigenvalue weighted by Crippen LogP contribution is 2.12. The molecule has 0 saturated heterocycles. The summed E-state index contributed by atoms with van der Waals surface area (Å²) in [5.74, 6) is -0.666. The molecular weight excluding hydrogens is 197 g/mol. The van der Waals surface area contributed by atoms with Crippen LogP contribution in [0.2, 0.25) is 0 Å². The van der Waals surface area contributed by atoms with E-state index in [-0.39, 0.29) is 18.3 Å². The van der Waals surface area contributed by atoms with Gasteiger partial charge in [-0.3, -0.25) is 4.79 Å². The molecule has 0 bridgehead atoms. The van der Waals surface area contributed by atoms with E-state index in [9.17, 15) is 9.18 Å². The largest absolute Gasteiger partial charge is 0.465 e. The number of nitrogens with one attached hydrogen (secondary N) is 1. The maximum Gasteiger partial charge on any atom is 0.325 e. The predicted molar refractivity (Wildman–Crippen MR) is 56.3 cm³/mol. The van der Waals surface area contributed by atoms with Gasteiger partial charge in [0.15, 0.2) is 0 Å². The summed E-state index contributed by atoms with van der Waals surface area (Å²) >= 11 is 0. The van der Waals surface area contributed by atoms with E-state index in [0.717, 1.165) is 5.56 Å². The lowest BCUT2D eigenvalue weighted by Gasteiger charge is -2.06. The zero-order valence-electron chi connectivity index (χ0n) is 8.84. The maximum absolute atomic E-state index is 12.9. The van der Waals surface area contributed by atoms with Gasteiger partial charge in [-0.15, -0.1) is 0 Å². The number of hydrogen-bond acceptors (Lipinski definition) is 3. The van der Waals surface area contributed by atoms with Crippen molar-refractivity contribution in [1.82, 2.24) is 0 Å². The molecule has 1 rings (SSSR count). The van der Waals surface area contributed by atoms with Crippen molar-refractivity contribution >= 4 is 11.7 Å². The molecule has 0 atom stereocenters. The fraction of sp³-hybridized carbons (Fsp3) is 0.364. The van der Waals surface area contributed by atoms with Crippen LogP contribution < -0.4 is 5.32 Å². The van der Waals surface area contributed by atoms with Crippen LogP contribution in [0.15, 0.2) is 18.2 Å². The average molecular weight is 211 g/mol. The Labute approximate surface area is 88.2 Å². The van der Waals surface area contributed by atoms with Crippen molar-refractivity contribution in [2.75, 3.05) is 18.5 Å². The Morgan fingerprint density at radius 2 is 2.20 bits per heavy atom. The second kappa shape index (κ2) is 5.34. The normalized spacial score (nSPS) is 9.80. The lowest BCUT2D eigenvalue weighted by atomic mass is 10.2. The molecule has 82 valence electrons. The number of hydrogen-bond donors (Lipinski definition) is 1. The first-order valence-corrected chi connectivity index (χ1v) is 4.78. The molecule has 0 aromatic heterocycles. The molecule has 0 heterocycles. The molecule has 3 nitrogen and oxygen atoms in total. The van der Waals surface area contributed by atoms with Gasteiger partial charge in [0, 0.05) is 5.69 Å². The molecule has 0 radical (unpaired) electrons. The van der Waals surface area contributed by atoms with Gasteiger partial charge in [0.05, 0.1) is 6.61 Å². The Morgan fingerprint density at radius 3 is 2.80 bits per heavy atom. The molecular formula is C11H14FNO2. The summed E-state index contributed by atoms with van der Waals surface area (Å²) in [4.78, 5) is 11.0. The van der Waals surface area contributed by atoms with Gasteiger partial charge in [-0.2, -0.15) is 0 Å². The van der Waals surface area contributed by atoms with Crippen molar-refractivity contribution in [3.8, 4) is 0 Å². The van der Waals surface area contributed by atoms with Gasteiger partial charge in [-0.05, 0) is 37.6 Å². The number of esters is 1. The quantitative estimate of drug-likeness (QED) is 0.775. The first-order valence-electron chi connectivity index (χ1n) is 4.78. The summed E-state index contributed by atoms with van der Waals surface area (Å²) in [6.45, 7) is 3.93. The SMILES string of the molecule is CCOC(=O)CNc1cc(C)cc(F)c1. The number of rotatable bonds is 4. The Bertz CT molecular complexity index is 332. The summed E-state index contributed by atoms with van der Waals surface area (Å²) < 4.78 is 17.7. The minimum Gasteiger partial charge on any atom is -0.465 e. The highest BCUT2D eigenvalue weighted by Gasteiger charge is 2.02. The maximum atomic E-state index is 12.9. The van der Waals surface area contributed by atoms with Gasteiger partial charge < -0.3 is 10.1 Å². The zero-order valence-corrected chi connectivity index (χ0v) is 8.84. The van der Waals surface area contributed by atoms with Gasteiger partial charge >= 0.3 is 5.97 Å². The highest BCUT2D eigenvalue weighted by molar-refractivity contribution is 5.74. The van der Waals surface area contributed by atoms with Crippen molar-refractivity contribution < 1.29 is 13.9 Å². The highest BCUT2D eigenvalue weighted by atomic mass is 19.1. The van der Waals surface area contributed by atoms with Crippen LogP contribution >= 0.6 is 0 Å². The van der Waals surface area contributed by atoms with Crippen molar-refractivity contribution in [3.63, 3.8) is 0 Å². The third kappa shape index (κ3) is 3.97. The summed E-state index contributed by atoms with van der Waals surface area (Å²) in [5, 5.41) is 2.80. The van der Waals surface area contributed by atoms with Crippen LogP contribution in [0.4, 0.5) is 10.1 Å². The van der Waals surface area contributed by atoms with Gasteiger partial charge in [0.2, 0.25) is 0 Å². The van der Waals surface area contributed by atoms with E-state index in [1.54, 1.807) is 19.9 Å². The minimum absolute atomic E-state index is 0.0523. The number of ether oxygens (including phenoxy) is 1. The average Bonchev–Trinajstić information content (AvgIpc) is 2.14. The molecule has 0 saturated carbocycles. The molecule has 15 heavy (non-hydrogen) atoms. The van der Waals surface area contributed by atoms with Crippen molar-refractivity contribution in [3.05, 3.63) is 29.6 Å². The number of carbonyl (C=O) groups is 1. The lowest BCUT2D eigenvalue weighted by molar-refractivity contribution is -0.140. The molecule has 0 amide bonds. The van der Waals surface area contributed by atoms with E-state index < -0.39 is 0 Å². The number of benzene rings is 1. The zero-order chi connectivity index (χ0) is 11.3. The van der Waals surface area contributed by atoms with Crippen molar-refractivity contribution in [1.29, 1.82) is 0 Å². The van der Waals surface area contributed by atoms with Crippen molar-refractivity contribution in [2.45, 2.75) is 13.8 Å². The Balaban J connectivity index is 2.54. The lowest BCUT2D eigenvalue weighted by Crippen LogP contribution is -2.16. The second-order valence-corrected chi connectivity index (χ2v) is 3.18. The molecule has 0 aliphatic rings. The predicted octanol–water partition coefficient (Wildman–Crippen LogP) is 2.11. The van der Waals surface area contributed by atoms with E-state index >= 15 is 0 Å². The third-order valence-corrected chi connectivity index (χ3v) is 1.78. The first kappa shape index (κ1) is 11.5. The van der Waals surface area contributed by atoms with Crippen LogP contribution in [-0.2, 0) is 9.53 Å². The molecule has 0 aliphatic carbocycles. The molecule has 0 spiro atoms. The Morgan fingerprint density at radius 1 is 1.47 bits per heavy atom. The molecule has 1 aromatic rings. The van der Waals surface area contributed by atoms with Crippen LogP contribution in [0.25, 0.3) is 0 Å². The van der Waals surface area contributed by atoms with Gasteiger partial charge in [-0.25, -0.2) is 4.39 Å². The monoisotopic (exact) mass is 211 g/mol. The van der Waals surface area contributed by atoms with Crippen LogP contribution in [0.5, 0.6) is 0 Å². The summed E-state index contributed by atoms with van der Waals surface area (Å²) in [5.41, 5.74) is 1.39. The summed E-state index contributed by atoms with van der Waals surface area (Å²) in [7, 11) is 0. The van der Waals surface area contributed by atoms with Gasteiger partial charge in [0.1, 0.15) is 12.4 Å². The van der Waals surface area contributed by atoms with Crippen LogP contribution in [-0.4, -0.2) is 19.1 Å². The molecule has 0 aliphatic heterocycles. The fourth-order valence-electron chi connectivity index (χ4n) is 1.22. The van der Waals surface area contributed by atoms with Crippen LogP contribution in [0.3, 0.4) is 0 Å². The molecule has 0 fully saturated rings. The van der Waals surface area contributed by atoms with E-state index in [4.69, 9.17) is 4.74 Å². The number of aryl methyl sites for hydroxylation is 1. The minimum atomic E-state index is -0.348. The van der Waals surface area contributed by atoms with Crippen LogP contribution in [0.1, 0.15) is 12.5 Å². The van der Waals surface area contributed by atoms with E-state index in [1.165, 1.54) is 12.1 Å². The molecule has 0 unspecified atom stereocenters. The van der Waals surface area contributed by atoms with E-state index in [2.05, 4.69) is 5.32 Å². The third-order valence-electron chi connectivity index (χ3n) is 1.78. The number of anilines is 1. The number of halogens is 1. The van der Waals surface area contributed by atoms with Crippen LogP contribution in [0, 0.1) is 12.7 Å². The molecule has 1 N–H and O–H groups in total. The van der Waals surface area contributed by atoms with Gasteiger partial charge in [0.25, 0.3) is 0 Å². The fourth-order valence-corrected chi connectivity index (χ4v) is 1.22. The van der Waals surface area contributed by atoms with Gasteiger partial charge in [-0.1, -0.05) is 0 Å². The Kier molecular flexibility index (Phi) is 4.09. The standard InChI is InChI=1S/C11H14FNO2/c1-3-15-11(14)7-13-10-5-8(2)4-9(12)6-10/h4-6,13H,3,7H2,1-2H3. The Hall–Kier alpha value is -1.58. The smallest absolute Gasteiger partial charge is 0.325 e. The van der Waals surface area contributed by atoms with E-state index in [0.29, 0.717) is 12.3 Å². The molecule has 1 aromatic carbocycles. The molecule has 4 heteroatoms.